The molecule has 2 aromatic rings. The van der Waals surface area contributed by atoms with Gasteiger partial charge in [-0.1, -0.05) is 31.2 Å². The molecule has 0 atom stereocenters. The van der Waals surface area contributed by atoms with Crippen LogP contribution in [0.1, 0.15) is 18.1 Å². The van der Waals surface area contributed by atoms with Crippen molar-refractivity contribution in [3.63, 3.8) is 0 Å². The summed E-state index contributed by atoms with van der Waals surface area (Å²) in [6.07, 6.45) is 4.44. The largest absolute Gasteiger partial charge is 0.337 e. The van der Waals surface area contributed by atoms with Crippen LogP contribution in [0.4, 0.5) is 10.1 Å². The van der Waals surface area contributed by atoms with E-state index in [0.29, 0.717) is 31.9 Å². The number of rotatable bonds is 6. The third kappa shape index (κ3) is 6.26. The molecule has 1 N–H and O–H groups in total. The lowest BCUT2D eigenvalue weighted by Crippen LogP contribution is -2.50. The maximum absolute atomic E-state index is 12.9. The molecule has 1 heterocycles. The number of nitrogens with one attached hydrogen (secondary N) is 1. The fraction of sp³-hybridized carbons (Fsp3) is 0.304. The molecule has 0 radical (unpaired) electrons. The molecule has 0 spiro atoms. The van der Waals surface area contributed by atoms with Gasteiger partial charge in [-0.2, -0.15) is 0 Å². The summed E-state index contributed by atoms with van der Waals surface area (Å²) in [7, 11) is 0. The molecule has 0 unspecified atom stereocenters. The van der Waals surface area contributed by atoms with Crippen molar-refractivity contribution in [1.29, 1.82) is 0 Å². The number of benzene rings is 2. The highest BCUT2D eigenvalue weighted by atomic mass is 19.1. The van der Waals surface area contributed by atoms with Crippen LogP contribution in [0.3, 0.4) is 0 Å². The van der Waals surface area contributed by atoms with E-state index in [2.05, 4.69) is 24.4 Å². The molecular weight excluding hydrogens is 369 g/mol. The monoisotopic (exact) mass is 395 g/mol. The highest BCUT2D eigenvalue weighted by Crippen LogP contribution is 2.10. The van der Waals surface area contributed by atoms with E-state index in [0.717, 1.165) is 12.0 Å². The van der Waals surface area contributed by atoms with Gasteiger partial charge in [0.05, 0.1) is 6.54 Å². The summed E-state index contributed by atoms with van der Waals surface area (Å²) < 4.78 is 12.9. The van der Waals surface area contributed by atoms with Crippen LogP contribution in [0, 0.1) is 5.82 Å². The molecule has 0 aromatic heterocycles. The van der Waals surface area contributed by atoms with Gasteiger partial charge in [0.2, 0.25) is 11.8 Å². The Balaban J connectivity index is 1.43. The minimum absolute atomic E-state index is 0.0139. The molecule has 6 heteroatoms. The highest BCUT2D eigenvalue weighted by molar-refractivity contribution is 5.93. The minimum Gasteiger partial charge on any atom is -0.337 e. The van der Waals surface area contributed by atoms with Crippen LogP contribution >= 0.6 is 0 Å². The zero-order chi connectivity index (χ0) is 20.6. The first-order valence-electron chi connectivity index (χ1n) is 9.87. The average Bonchev–Trinajstić information content (AvgIpc) is 2.74. The van der Waals surface area contributed by atoms with Gasteiger partial charge in [-0.25, -0.2) is 4.39 Å². The van der Waals surface area contributed by atoms with E-state index in [1.54, 1.807) is 11.0 Å². The molecule has 2 amide bonds. The second kappa shape index (κ2) is 9.98. The van der Waals surface area contributed by atoms with Crippen LogP contribution in [-0.2, 0) is 16.0 Å². The van der Waals surface area contributed by atoms with E-state index in [9.17, 15) is 14.0 Å². The van der Waals surface area contributed by atoms with E-state index in [1.807, 2.05) is 23.1 Å². The molecule has 1 saturated heterocycles. The van der Waals surface area contributed by atoms with Crippen LogP contribution in [0.5, 0.6) is 0 Å². The molecule has 1 aliphatic rings. The summed E-state index contributed by atoms with van der Waals surface area (Å²) in [5, 5.41) is 2.76. The van der Waals surface area contributed by atoms with Gasteiger partial charge in [0.15, 0.2) is 0 Å². The van der Waals surface area contributed by atoms with Crippen LogP contribution < -0.4 is 5.32 Å². The number of hydrogen-bond acceptors (Lipinski definition) is 3. The normalized spacial score (nSPS) is 14.9. The molecule has 1 fully saturated rings. The van der Waals surface area contributed by atoms with Crippen LogP contribution in [-0.4, -0.2) is 54.3 Å². The van der Waals surface area contributed by atoms with Crippen LogP contribution in [0.25, 0.3) is 6.08 Å². The minimum atomic E-state index is -0.337. The fourth-order valence-corrected chi connectivity index (χ4v) is 3.20. The second-order valence-electron chi connectivity index (χ2n) is 7.08. The van der Waals surface area contributed by atoms with E-state index >= 15 is 0 Å². The van der Waals surface area contributed by atoms with Gasteiger partial charge in [0, 0.05) is 37.9 Å². The second-order valence-corrected chi connectivity index (χ2v) is 7.08. The molecule has 2 aromatic carbocycles. The van der Waals surface area contributed by atoms with Gasteiger partial charge in [-0.3, -0.25) is 14.5 Å². The van der Waals surface area contributed by atoms with E-state index in [-0.39, 0.29) is 24.2 Å². The Bertz CT molecular complexity index is 855. The lowest BCUT2D eigenvalue weighted by molar-refractivity contribution is -0.127. The highest BCUT2D eigenvalue weighted by Gasteiger charge is 2.21. The van der Waals surface area contributed by atoms with Gasteiger partial charge in [0.1, 0.15) is 5.82 Å². The Morgan fingerprint density at radius 3 is 2.28 bits per heavy atom. The van der Waals surface area contributed by atoms with Crippen molar-refractivity contribution in [2.45, 2.75) is 13.3 Å². The summed E-state index contributed by atoms with van der Waals surface area (Å²) >= 11 is 0. The number of carbonyl (C=O) groups is 2. The molecule has 3 rings (SSSR count). The quantitative estimate of drug-likeness (QED) is 0.765. The van der Waals surface area contributed by atoms with Gasteiger partial charge < -0.3 is 10.2 Å². The van der Waals surface area contributed by atoms with Crippen molar-refractivity contribution >= 4 is 23.6 Å². The van der Waals surface area contributed by atoms with Gasteiger partial charge in [0.25, 0.3) is 0 Å². The Morgan fingerprint density at radius 2 is 1.66 bits per heavy atom. The maximum Gasteiger partial charge on any atom is 0.246 e. The summed E-state index contributed by atoms with van der Waals surface area (Å²) in [6, 6.07) is 13.9. The van der Waals surface area contributed by atoms with Crippen molar-refractivity contribution in [2.75, 3.05) is 38.0 Å². The third-order valence-electron chi connectivity index (χ3n) is 4.99. The third-order valence-corrected chi connectivity index (χ3v) is 4.99. The Morgan fingerprint density at radius 1 is 1.00 bits per heavy atom. The van der Waals surface area contributed by atoms with Gasteiger partial charge in [-0.05, 0) is 47.9 Å². The van der Waals surface area contributed by atoms with Crippen molar-refractivity contribution in [2.24, 2.45) is 0 Å². The number of nitrogens with zero attached hydrogens (tertiary/aromatic N) is 2. The number of amides is 2. The number of piperazine rings is 1. The predicted octanol–water partition coefficient (Wildman–Crippen LogP) is 3.18. The van der Waals surface area contributed by atoms with Gasteiger partial charge >= 0.3 is 0 Å². The zero-order valence-corrected chi connectivity index (χ0v) is 16.6. The summed E-state index contributed by atoms with van der Waals surface area (Å²) in [5.41, 5.74) is 2.85. The smallest absolute Gasteiger partial charge is 0.246 e. The first kappa shape index (κ1) is 20.7. The summed E-state index contributed by atoms with van der Waals surface area (Å²) in [4.78, 5) is 28.4. The lowest BCUT2D eigenvalue weighted by atomic mass is 10.1. The van der Waals surface area contributed by atoms with Gasteiger partial charge in [-0.15, -0.1) is 0 Å². The molecule has 0 bridgehead atoms. The Labute approximate surface area is 170 Å². The lowest BCUT2D eigenvalue weighted by Gasteiger charge is -2.33. The van der Waals surface area contributed by atoms with Crippen LogP contribution in [0.2, 0.25) is 0 Å². The molecule has 0 saturated carbocycles. The van der Waals surface area contributed by atoms with E-state index in [1.165, 1.54) is 29.8 Å². The number of anilines is 1. The van der Waals surface area contributed by atoms with Crippen molar-refractivity contribution in [3.8, 4) is 0 Å². The van der Waals surface area contributed by atoms with E-state index in [4.69, 9.17) is 0 Å². The molecule has 5 nitrogen and oxygen atoms in total. The number of halogens is 1. The molecule has 1 aliphatic heterocycles. The first-order valence-corrected chi connectivity index (χ1v) is 9.87. The van der Waals surface area contributed by atoms with Crippen LogP contribution in [0.15, 0.2) is 54.6 Å². The topological polar surface area (TPSA) is 52.7 Å². The molecule has 0 aliphatic carbocycles. The molecular formula is C23H26FN3O2. The Kier molecular flexibility index (Phi) is 7.14. The standard InChI is InChI=1S/C23H26FN3O2/c1-2-18-3-5-19(6-4-18)7-12-23(29)27-15-13-26(14-16-27)17-22(28)25-21-10-8-20(24)9-11-21/h3-12H,2,13-17H2,1H3,(H,25,28)/b12-7+. The number of hydrogen-bond donors (Lipinski definition) is 1. The van der Waals surface area contributed by atoms with Crippen molar-refractivity contribution < 1.29 is 14.0 Å². The number of aryl methyl sites for hydroxylation is 1. The fourth-order valence-electron chi connectivity index (χ4n) is 3.20. The molecule has 152 valence electrons. The summed E-state index contributed by atoms with van der Waals surface area (Å²) in [6.45, 7) is 4.81. The summed E-state index contributed by atoms with van der Waals surface area (Å²) in [5.74, 6) is -0.498. The zero-order valence-electron chi connectivity index (χ0n) is 16.6. The predicted molar refractivity (Wildman–Crippen MR) is 113 cm³/mol. The molecule has 29 heavy (non-hydrogen) atoms. The average molecular weight is 395 g/mol. The van der Waals surface area contributed by atoms with E-state index < -0.39 is 0 Å². The van der Waals surface area contributed by atoms with Crippen molar-refractivity contribution in [1.82, 2.24) is 9.80 Å². The first-order chi connectivity index (χ1) is 14.0. The maximum atomic E-state index is 12.9. The Hall–Kier alpha value is -2.99. The van der Waals surface area contributed by atoms with Crippen molar-refractivity contribution in [3.05, 3.63) is 71.6 Å². The SMILES string of the molecule is CCc1ccc(/C=C/C(=O)N2CCN(CC(=O)Nc3ccc(F)cc3)CC2)cc1. The number of carbonyl (C=O) groups excluding carboxylic acids is 2.